The lowest BCUT2D eigenvalue weighted by molar-refractivity contribution is 0.329. The number of nitrogens with zero attached hydrogens (tertiary/aromatic N) is 1. The Morgan fingerprint density at radius 2 is 1.80 bits per heavy atom. The lowest BCUT2D eigenvalue weighted by Gasteiger charge is -2.29. The fraction of sp³-hybridized carbons (Fsp3) is 0.400. The molecule has 3 rings (SSSR count). The zero-order valence-corrected chi connectivity index (χ0v) is 15.6. The summed E-state index contributed by atoms with van der Waals surface area (Å²) in [4.78, 5) is 0.327. The minimum absolute atomic E-state index is 0.102. The molecule has 1 fully saturated rings. The molecular formula is C20H25NO3S. The summed E-state index contributed by atoms with van der Waals surface area (Å²) >= 11 is 0. The maximum atomic E-state index is 13.3. The molecule has 1 aliphatic rings. The lowest BCUT2D eigenvalue weighted by Crippen LogP contribution is -2.34. The molecule has 0 saturated carbocycles. The second-order valence-corrected chi connectivity index (χ2v) is 8.46. The normalized spacial score (nSPS) is 19.4. The minimum Gasteiger partial charge on any atom is -0.497 e. The smallest absolute Gasteiger partial charge is 0.243 e. The number of benzene rings is 2. The summed E-state index contributed by atoms with van der Waals surface area (Å²) in [5.74, 6) is 0.657. The highest BCUT2D eigenvalue weighted by Gasteiger charge is 2.33. The first-order valence-electron chi connectivity index (χ1n) is 8.75. The average molecular weight is 359 g/mol. The van der Waals surface area contributed by atoms with Gasteiger partial charge in [-0.25, -0.2) is 8.42 Å². The molecule has 5 heteroatoms. The molecule has 2 aromatic carbocycles. The maximum Gasteiger partial charge on any atom is 0.243 e. The summed E-state index contributed by atoms with van der Waals surface area (Å²) in [5.41, 5.74) is 2.24. The molecule has 1 heterocycles. The molecule has 1 aliphatic heterocycles. The standard InChI is InChI=1S/C20H25NO3S/c1-16-7-6-8-17(15-16)20-9-4-3-5-14-21(20)25(22,23)19-12-10-18(24-2)11-13-19/h6-8,10-13,15,20H,3-5,9,14H2,1-2H3/t20-/m0/s1. The van der Waals surface area contributed by atoms with Crippen molar-refractivity contribution in [3.8, 4) is 5.75 Å². The van der Waals surface area contributed by atoms with Crippen molar-refractivity contribution in [2.45, 2.75) is 43.5 Å². The van der Waals surface area contributed by atoms with E-state index in [9.17, 15) is 8.42 Å². The van der Waals surface area contributed by atoms with Gasteiger partial charge < -0.3 is 4.74 Å². The van der Waals surface area contributed by atoms with Crippen molar-refractivity contribution in [3.63, 3.8) is 0 Å². The van der Waals surface area contributed by atoms with Crippen LogP contribution in [-0.4, -0.2) is 26.4 Å². The fourth-order valence-electron chi connectivity index (χ4n) is 3.46. The third kappa shape index (κ3) is 3.88. The van der Waals surface area contributed by atoms with Gasteiger partial charge in [-0.15, -0.1) is 0 Å². The highest BCUT2D eigenvalue weighted by atomic mass is 32.2. The monoisotopic (exact) mass is 359 g/mol. The Morgan fingerprint density at radius 3 is 2.48 bits per heavy atom. The number of rotatable bonds is 4. The van der Waals surface area contributed by atoms with Crippen LogP contribution in [0.2, 0.25) is 0 Å². The van der Waals surface area contributed by atoms with Gasteiger partial charge in [-0.05, 0) is 49.6 Å². The van der Waals surface area contributed by atoms with E-state index < -0.39 is 10.0 Å². The van der Waals surface area contributed by atoms with Crippen LogP contribution in [0.1, 0.15) is 42.9 Å². The first kappa shape index (κ1) is 18.0. The van der Waals surface area contributed by atoms with Crippen molar-refractivity contribution < 1.29 is 13.2 Å². The van der Waals surface area contributed by atoms with Gasteiger partial charge in [-0.3, -0.25) is 0 Å². The second kappa shape index (κ2) is 7.58. The van der Waals surface area contributed by atoms with E-state index in [1.165, 1.54) is 0 Å². The Kier molecular flexibility index (Phi) is 5.45. The highest BCUT2D eigenvalue weighted by molar-refractivity contribution is 7.89. The molecule has 4 nitrogen and oxygen atoms in total. The van der Waals surface area contributed by atoms with Crippen molar-refractivity contribution in [2.24, 2.45) is 0 Å². The van der Waals surface area contributed by atoms with Crippen molar-refractivity contribution >= 4 is 10.0 Å². The van der Waals surface area contributed by atoms with Gasteiger partial charge in [0.25, 0.3) is 0 Å². The lowest BCUT2D eigenvalue weighted by atomic mass is 10.0. The van der Waals surface area contributed by atoms with Gasteiger partial charge in [0.15, 0.2) is 0 Å². The van der Waals surface area contributed by atoms with Crippen LogP contribution in [0.5, 0.6) is 5.75 Å². The second-order valence-electron chi connectivity index (χ2n) is 6.57. The average Bonchev–Trinajstić information content (AvgIpc) is 2.88. The van der Waals surface area contributed by atoms with E-state index in [4.69, 9.17) is 4.74 Å². The van der Waals surface area contributed by atoms with E-state index in [0.717, 1.165) is 36.8 Å². The van der Waals surface area contributed by atoms with Gasteiger partial charge in [0.2, 0.25) is 10.0 Å². The van der Waals surface area contributed by atoms with Crippen LogP contribution < -0.4 is 4.74 Å². The van der Waals surface area contributed by atoms with Crippen molar-refractivity contribution in [1.82, 2.24) is 4.31 Å². The van der Waals surface area contributed by atoms with Crippen LogP contribution >= 0.6 is 0 Å². The van der Waals surface area contributed by atoms with Crippen LogP contribution in [0, 0.1) is 6.92 Å². The van der Waals surface area contributed by atoms with Gasteiger partial charge in [0.1, 0.15) is 5.75 Å². The molecule has 2 aromatic rings. The largest absolute Gasteiger partial charge is 0.497 e. The number of hydrogen-bond acceptors (Lipinski definition) is 3. The third-order valence-electron chi connectivity index (χ3n) is 4.80. The van der Waals surface area contributed by atoms with Crippen LogP contribution in [-0.2, 0) is 10.0 Å². The number of methoxy groups -OCH3 is 1. The molecule has 0 unspecified atom stereocenters. The van der Waals surface area contributed by atoms with Gasteiger partial charge >= 0.3 is 0 Å². The molecule has 0 N–H and O–H groups in total. The summed E-state index contributed by atoms with van der Waals surface area (Å²) in [7, 11) is -1.97. The predicted octanol–water partition coefficient (Wildman–Crippen LogP) is 4.31. The van der Waals surface area contributed by atoms with E-state index >= 15 is 0 Å². The number of ether oxygens (including phenoxy) is 1. The van der Waals surface area contributed by atoms with Crippen LogP contribution in [0.3, 0.4) is 0 Å². The topological polar surface area (TPSA) is 46.6 Å². The Bertz CT molecular complexity index is 815. The van der Waals surface area contributed by atoms with Crippen molar-refractivity contribution in [3.05, 3.63) is 59.7 Å². The molecule has 0 aromatic heterocycles. The summed E-state index contributed by atoms with van der Waals surface area (Å²) in [6.45, 7) is 2.61. The zero-order valence-electron chi connectivity index (χ0n) is 14.8. The van der Waals surface area contributed by atoms with E-state index in [1.54, 1.807) is 35.7 Å². The molecule has 134 valence electrons. The molecule has 0 spiro atoms. The number of hydrogen-bond donors (Lipinski definition) is 0. The summed E-state index contributed by atoms with van der Waals surface area (Å²) in [6, 6.07) is 14.8. The first-order chi connectivity index (χ1) is 12.0. The molecule has 0 aliphatic carbocycles. The van der Waals surface area contributed by atoms with E-state index in [-0.39, 0.29) is 6.04 Å². The van der Waals surface area contributed by atoms with E-state index in [2.05, 4.69) is 6.07 Å². The molecule has 0 amide bonds. The van der Waals surface area contributed by atoms with Crippen LogP contribution in [0.4, 0.5) is 0 Å². The zero-order chi connectivity index (χ0) is 17.9. The molecule has 0 radical (unpaired) electrons. The third-order valence-corrected chi connectivity index (χ3v) is 6.72. The first-order valence-corrected chi connectivity index (χ1v) is 10.2. The molecular weight excluding hydrogens is 334 g/mol. The number of sulfonamides is 1. The van der Waals surface area contributed by atoms with Crippen LogP contribution in [0.25, 0.3) is 0 Å². The van der Waals surface area contributed by atoms with Gasteiger partial charge in [-0.1, -0.05) is 42.7 Å². The van der Waals surface area contributed by atoms with Crippen molar-refractivity contribution in [1.29, 1.82) is 0 Å². The molecule has 25 heavy (non-hydrogen) atoms. The quantitative estimate of drug-likeness (QED) is 0.817. The molecule has 1 saturated heterocycles. The summed E-state index contributed by atoms with van der Waals surface area (Å²) < 4.78 is 33.4. The Hall–Kier alpha value is -1.85. The summed E-state index contributed by atoms with van der Waals surface area (Å²) in [6.07, 6.45) is 3.88. The summed E-state index contributed by atoms with van der Waals surface area (Å²) in [5, 5.41) is 0. The van der Waals surface area contributed by atoms with Gasteiger partial charge in [0.05, 0.1) is 18.0 Å². The van der Waals surface area contributed by atoms with E-state index in [0.29, 0.717) is 17.2 Å². The fourth-order valence-corrected chi connectivity index (χ4v) is 5.15. The Labute approximate surface area is 150 Å². The van der Waals surface area contributed by atoms with Gasteiger partial charge in [-0.2, -0.15) is 4.31 Å². The maximum absolute atomic E-state index is 13.3. The minimum atomic E-state index is -3.54. The van der Waals surface area contributed by atoms with Gasteiger partial charge in [0, 0.05) is 6.54 Å². The molecule has 1 atom stereocenters. The number of aryl methyl sites for hydroxylation is 1. The highest BCUT2D eigenvalue weighted by Crippen LogP contribution is 2.35. The molecule has 0 bridgehead atoms. The SMILES string of the molecule is COc1ccc(S(=O)(=O)N2CCCCC[C@H]2c2cccc(C)c2)cc1. The van der Waals surface area contributed by atoms with Crippen molar-refractivity contribution in [2.75, 3.05) is 13.7 Å². The Balaban J connectivity index is 1.99. The predicted molar refractivity (Wildman–Crippen MR) is 99.3 cm³/mol. The van der Waals surface area contributed by atoms with Crippen LogP contribution in [0.15, 0.2) is 53.4 Å². The van der Waals surface area contributed by atoms with E-state index in [1.807, 2.05) is 25.1 Å². The Morgan fingerprint density at radius 1 is 1.04 bits per heavy atom.